The Morgan fingerprint density at radius 3 is 3.20 bits per heavy atom. The van der Waals surface area contributed by atoms with Crippen LogP contribution in [0.15, 0.2) is 0 Å². The maximum absolute atomic E-state index is 11.4. The second-order valence-electron chi connectivity index (χ2n) is 3.84. The molecule has 0 bridgehead atoms. The summed E-state index contributed by atoms with van der Waals surface area (Å²) in [6, 6.07) is 0. The van der Waals surface area contributed by atoms with Gasteiger partial charge < -0.3 is 4.90 Å². The molecule has 2 heterocycles. The van der Waals surface area contributed by atoms with Crippen LogP contribution < -0.4 is 11.3 Å². The molecule has 0 saturated carbocycles. The summed E-state index contributed by atoms with van der Waals surface area (Å²) in [7, 11) is 2.03. The van der Waals surface area contributed by atoms with Crippen molar-refractivity contribution in [2.24, 2.45) is 5.84 Å². The van der Waals surface area contributed by atoms with Crippen LogP contribution in [0.1, 0.15) is 28.2 Å². The van der Waals surface area contributed by atoms with E-state index >= 15 is 0 Å². The van der Waals surface area contributed by atoms with Gasteiger partial charge in [0, 0.05) is 17.8 Å². The van der Waals surface area contributed by atoms with Crippen LogP contribution in [0.2, 0.25) is 0 Å². The monoisotopic (exact) mass is 209 g/mol. The highest BCUT2D eigenvalue weighted by Gasteiger charge is 2.21. The van der Waals surface area contributed by atoms with Gasteiger partial charge >= 0.3 is 0 Å². The molecule has 0 spiro atoms. The Morgan fingerprint density at radius 1 is 1.67 bits per heavy atom. The highest BCUT2D eigenvalue weighted by molar-refractivity contribution is 5.93. The minimum absolute atomic E-state index is 0.331. The van der Waals surface area contributed by atoms with Crippen LogP contribution >= 0.6 is 0 Å². The second-order valence-corrected chi connectivity index (χ2v) is 3.84. The lowest BCUT2D eigenvalue weighted by atomic mass is 10.1. The summed E-state index contributed by atoms with van der Waals surface area (Å²) >= 11 is 0. The van der Waals surface area contributed by atoms with Crippen molar-refractivity contribution in [3.8, 4) is 0 Å². The van der Waals surface area contributed by atoms with Crippen LogP contribution in [-0.4, -0.2) is 34.6 Å². The quantitative estimate of drug-likeness (QED) is 0.327. The number of rotatable bonds is 1. The van der Waals surface area contributed by atoms with E-state index in [4.69, 9.17) is 5.84 Å². The molecule has 2 rings (SSSR count). The van der Waals surface area contributed by atoms with Crippen LogP contribution in [-0.2, 0) is 13.0 Å². The largest absolute Gasteiger partial charge is 0.302 e. The van der Waals surface area contributed by atoms with Gasteiger partial charge in [0.05, 0.1) is 0 Å². The summed E-state index contributed by atoms with van der Waals surface area (Å²) in [5, 5.41) is 6.91. The highest BCUT2D eigenvalue weighted by atomic mass is 16.2. The molecule has 82 valence electrons. The second kappa shape index (κ2) is 4.00. The van der Waals surface area contributed by atoms with Gasteiger partial charge in [-0.3, -0.25) is 15.3 Å². The molecule has 0 fully saturated rings. The van der Waals surface area contributed by atoms with E-state index in [1.165, 1.54) is 0 Å². The van der Waals surface area contributed by atoms with Gasteiger partial charge in [0.1, 0.15) is 0 Å². The van der Waals surface area contributed by atoms with Crippen molar-refractivity contribution < 1.29 is 4.79 Å². The standard InChI is InChI=1S/C9H15N5O/c1-14-4-2-3-7-6(5-14)8(13-12-7)9(15)11-10/h2-5,10H2,1H3,(H,11,15)(H,12,13). The van der Waals surface area contributed by atoms with E-state index in [1.54, 1.807) is 0 Å². The van der Waals surface area contributed by atoms with Gasteiger partial charge in [-0.15, -0.1) is 0 Å². The van der Waals surface area contributed by atoms with Crippen LogP contribution in [0.25, 0.3) is 0 Å². The van der Waals surface area contributed by atoms with Crippen LogP contribution in [0, 0.1) is 0 Å². The number of nitrogens with one attached hydrogen (secondary N) is 2. The third-order valence-electron chi connectivity index (χ3n) is 2.69. The third-order valence-corrected chi connectivity index (χ3v) is 2.69. The Balaban J connectivity index is 2.35. The number of nitrogens with zero attached hydrogens (tertiary/aromatic N) is 2. The topological polar surface area (TPSA) is 87.0 Å². The predicted octanol–water partition coefficient (Wildman–Crippen LogP) is -0.609. The van der Waals surface area contributed by atoms with E-state index < -0.39 is 0 Å². The summed E-state index contributed by atoms with van der Waals surface area (Å²) in [6.07, 6.45) is 2.01. The number of aryl methyl sites for hydroxylation is 1. The molecule has 1 aromatic rings. The van der Waals surface area contributed by atoms with Crippen molar-refractivity contribution in [1.29, 1.82) is 0 Å². The summed E-state index contributed by atoms with van der Waals surface area (Å²) < 4.78 is 0. The van der Waals surface area contributed by atoms with E-state index in [1.807, 2.05) is 7.05 Å². The van der Waals surface area contributed by atoms with Gasteiger partial charge in [0.25, 0.3) is 5.91 Å². The van der Waals surface area contributed by atoms with E-state index in [9.17, 15) is 4.79 Å². The highest BCUT2D eigenvalue weighted by Crippen LogP contribution is 2.18. The van der Waals surface area contributed by atoms with Crippen molar-refractivity contribution in [3.05, 3.63) is 17.0 Å². The lowest BCUT2D eigenvalue weighted by Gasteiger charge is -2.12. The smallest absolute Gasteiger partial charge is 0.285 e. The number of hydrogen-bond donors (Lipinski definition) is 3. The maximum Gasteiger partial charge on any atom is 0.285 e. The fraction of sp³-hybridized carbons (Fsp3) is 0.556. The molecule has 1 aliphatic rings. The Morgan fingerprint density at radius 2 is 2.47 bits per heavy atom. The number of fused-ring (bicyclic) bond motifs is 1. The summed E-state index contributed by atoms with van der Waals surface area (Å²) in [4.78, 5) is 13.6. The van der Waals surface area contributed by atoms with Gasteiger partial charge in [-0.05, 0) is 26.4 Å². The Kier molecular flexibility index (Phi) is 2.70. The molecule has 0 atom stereocenters. The molecular weight excluding hydrogens is 194 g/mol. The van der Waals surface area contributed by atoms with Gasteiger partial charge in [-0.2, -0.15) is 5.10 Å². The number of carbonyl (C=O) groups is 1. The normalized spacial score (nSPS) is 16.9. The van der Waals surface area contributed by atoms with Crippen LogP contribution in [0.4, 0.5) is 0 Å². The number of H-pyrrole nitrogens is 1. The van der Waals surface area contributed by atoms with Gasteiger partial charge in [-0.25, -0.2) is 5.84 Å². The Bertz CT molecular complexity index is 373. The van der Waals surface area contributed by atoms with Crippen LogP contribution in [0.3, 0.4) is 0 Å². The van der Waals surface area contributed by atoms with Crippen molar-refractivity contribution in [2.45, 2.75) is 19.4 Å². The third kappa shape index (κ3) is 1.86. The zero-order valence-electron chi connectivity index (χ0n) is 8.71. The number of nitrogen functional groups attached to an aromatic ring is 1. The number of nitrogens with two attached hydrogens (primary N) is 1. The average Bonchev–Trinajstić information content (AvgIpc) is 2.52. The number of hydrazine groups is 1. The van der Waals surface area contributed by atoms with Gasteiger partial charge in [0.15, 0.2) is 5.69 Å². The van der Waals surface area contributed by atoms with E-state index in [-0.39, 0.29) is 5.91 Å². The number of amides is 1. The molecule has 0 aliphatic carbocycles. The van der Waals surface area contributed by atoms with Crippen molar-refractivity contribution >= 4 is 5.91 Å². The number of aromatic nitrogens is 2. The first-order valence-electron chi connectivity index (χ1n) is 4.98. The summed E-state index contributed by atoms with van der Waals surface area (Å²) in [5.74, 6) is 4.77. The van der Waals surface area contributed by atoms with E-state index in [0.29, 0.717) is 5.69 Å². The molecule has 6 nitrogen and oxygen atoms in total. The fourth-order valence-corrected chi connectivity index (χ4v) is 1.91. The van der Waals surface area contributed by atoms with E-state index in [0.717, 1.165) is 37.2 Å². The zero-order chi connectivity index (χ0) is 10.8. The Labute approximate surface area is 87.8 Å². The SMILES string of the molecule is CN1CCCc2[nH]nc(C(=O)NN)c2C1. The van der Waals surface area contributed by atoms with Gasteiger partial charge in [0.2, 0.25) is 0 Å². The summed E-state index contributed by atoms with van der Waals surface area (Å²) in [6.45, 7) is 1.78. The number of carbonyl (C=O) groups excluding carboxylic acids is 1. The van der Waals surface area contributed by atoms with Gasteiger partial charge in [-0.1, -0.05) is 0 Å². The number of aromatic amines is 1. The summed E-state index contributed by atoms with van der Waals surface area (Å²) in [5.41, 5.74) is 4.55. The molecule has 0 radical (unpaired) electrons. The number of hydrogen-bond acceptors (Lipinski definition) is 4. The molecule has 1 aliphatic heterocycles. The maximum atomic E-state index is 11.4. The minimum Gasteiger partial charge on any atom is -0.302 e. The lowest BCUT2D eigenvalue weighted by molar-refractivity contribution is 0.0947. The Hall–Kier alpha value is -1.40. The predicted molar refractivity (Wildman–Crippen MR) is 54.9 cm³/mol. The molecular formula is C9H15N5O. The van der Waals surface area contributed by atoms with Crippen molar-refractivity contribution in [2.75, 3.05) is 13.6 Å². The molecule has 0 saturated heterocycles. The first-order valence-corrected chi connectivity index (χ1v) is 4.98. The molecule has 4 N–H and O–H groups in total. The molecule has 15 heavy (non-hydrogen) atoms. The average molecular weight is 209 g/mol. The van der Waals surface area contributed by atoms with E-state index in [2.05, 4.69) is 20.5 Å². The molecule has 1 amide bonds. The first-order chi connectivity index (χ1) is 7.22. The first kappa shape index (κ1) is 10.1. The zero-order valence-corrected chi connectivity index (χ0v) is 8.71. The molecule has 0 aromatic carbocycles. The lowest BCUT2D eigenvalue weighted by Crippen LogP contribution is -2.31. The molecule has 0 unspecified atom stereocenters. The molecule has 6 heteroatoms. The molecule has 1 aromatic heterocycles. The minimum atomic E-state index is -0.331. The fourth-order valence-electron chi connectivity index (χ4n) is 1.91. The van der Waals surface area contributed by atoms with Crippen molar-refractivity contribution in [3.63, 3.8) is 0 Å². The van der Waals surface area contributed by atoms with Crippen molar-refractivity contribution in [1.82, 2.24) is 20.5 Å². The van der Waals surface area contributed by atoms with Crippen LogP contribution in [0.5, 0.6) is 0 Å².